The van der Waals surface area contributed by atoms with Gasteiger partial charge in [0.1, 0.15) is 6.17 Å². The van der Waals surface area contributed by atoms with Gasteiger partial charge in [-0.15, -0.1) is 0 Å². The molecule has 2 aromatic rings. The zero-order chi connectivity index (χ0) is 12.5. The predicted molar refractivity (Wildman–Crippen MR) is 65.0 cm³/mol. The van der Waals surface area contributed by atoms with Gasteiger partial charge in [-0.1, -0.05) is 28.9 Å². The normalized spacial score (nSPS) is 23.4. The fourth-order valence-corrected chi connectivity index (χ4v) is 2.19. The van der Waals surface area contributed by atoms with E-state index in [0.29, 0.717) is 29.7 Å². The fourth-order valence-electron chi connectivity index (χ4n) is 2.00. The highest BCUT2D eigenvalue weighted by molar-refractivity contribution is 6.30. The maximum atomic E-state index is 13.1. The van der Waals surface area contributed by atoms with Crippen molar-refractivity contribution in [3.63, 3.8) is 0 Å². The van der Waals surface area contributed by atoms with Crippen molar-refractivity contribution < 1.29 is 8.91 Å². The summed E-state index contributed by atoms with van der Waals surface area (Å²) in [6, 6.07) is 7.01. The van der Waals surface area contributed by atoms with E-state index in [1.54, 1.807) is 12.1 Å². The number of halogens is 2. The molecule has 0 unspecified atom stereocenters. The Balaban J connectivity index is 1.85. The van der Waals surface area contributed by atoms with E-state index in [0.717, 1.165) is 5.56 Å². The van der Waals surface area contributed by atoms with Gasteiger partial charge >= 0.3 is 0 Å². The second-order valence-electron chi connectivity index (χ2n) is 4.26. The molecule has 0 radical (unpaired) electrons. The van der Waals surface area contributed by atoms with Crippen molar-refractivity contribution in [1.82, 2.24) is 15.5 Å². The van der Waals surface area contributed by atoms with Gasteiger partial charge in [0, 0.05) is 23.6 Å². The zero-order valence-electron chi connectivity index (χ0n) is 9.44. The molecular weight excluding hydrogens is 257 g/mol. The van der Waals surface area contributed by atoms with Gasteiger partial charge in [0.2, 0.25) is 11.7 Å². The van der Waals surface area contributed by atoms with Crippen LogP contribution in [-0.2, 0) is 0 Å². The molecule has 2 heterocycles. The molecule has 1 aromatic heterocycles. The van der Waals surface area contributed by atoms with Crippen molar-refractivity contribution in [2.45, 2.75) is 18.6 Å². The van der Waals surface area contributed by atoms with Gasteiger partial charge in [0.05, 0.1) is 6.04 Å². The lowest BCUT2D eigenvalue weighted by Crippen LogP contribution is -2.14. The van der Waals surface area contributed by atoms with Crippen molar-refractivity contribution in [2.75, 3.05) is 6.54 Å². The fraction of sp³-hybridized carbons (Fsp3) is 0.333. The van der Waals surface area contributed by atoms with Crippen LogP contribution in [-0.4, -0.2) is 22.9 Å². The summed E-state index contributed by atoms with van der Waals surface area (Å²) in [6.45, 7) is 0.333. The number of alkyl halides is 1. The SMILES string of the molecule is F[C@@H]1CN[C@@H](c2nc(-c3cccc(Cl)c3)no2)C1. The molecule has 1 aliphatic rings. The minimum atomic E-state index is -0.850. The molecule has 2 atom stereocenters. The zero-order valence-corrected chi connectivity index (χ0v) is 10.2. The standard InChI is InChI=1S/C12H11ClFN3O/c13-8-3-1-2-7(4-8)11-16-12(18-17-11)10-5-9(14)6-15-10/h1-4,9-10,15H,5-6H2/t9-,10+/m0/s1. The van der Waals surface area contributed by atoms with Crippen molar-refractivity contribution in [1.29, 1.82) is 0 Å². The summed E-state index contributed by atoms with van der Waals surface area (Å²) in [5.74, 6) is 0.890. The van der Waals surface area contributed by atoms with Crippen molar-refractivity contribution >= 4 is 11.6 Å². The number of hydrogen-bond donors (Lipinski definition) is 1. The van der Waals surface area contributed by atoms with Crippen LogP contribution in [0.5, 0.6) is 0 Å². The monoisotopic (exact) mass is 267 g/mol. The lowest BCUT2D eigenvalue weighted by atomic mass is 10.2. The maximum Gasteiger partial charge on any atom is 0.244 e. The van der Waals surface area contributed by atoms with Crippen molar-refractivity contribution in [2.24, 2.45) is 0 Å². The van der Waals surface area contributed by atoms with E-state index in [-0.39, 0.29) is 6.04 Å². The molecule has 6 heteroatoms. The summed E-state index contributed by atoms with van der Waals surface area (Å²) in [6.07, 6.45) is -0.478. The summed E-state index contributed by atoms with van der Waals surface area (Å²) in [7, 11) is 0. The molecule has 1 N–H and O–H groups in total. The highest BCUT2D eigenvalue weighted by Crippen LogP contribution is 2.26. The minimum absolute atomic E-state index is 0.194. The van der Waals surface area contributed by atoms with Crippen LogP contribution in [0.3, 0.4) is 0 Å². The first-order valence-electron chi connectivity index (χ1n) is 5.69. The third-order valence-electron chi connectivity index (χ3n) is 2.90. The van der Waals surface area contributed by atoms with Gasteiger partial charge in [-0.05, 0) is 12.1 Å². The van der Waals surface area contributed by atoms with E-state index >= 15 is 0 Å². The van der Waals surface area contributed by atoms with Gasteiger partial charge in [-0.25, -0.2) is 4.39 Å². The average Bonchev–Trinajstić information content (AvgIpc) is 2.97. The van der Waals surface area contributed by atoms with Crippen LogP contribution in [0.1, 0.15) is 18.4 Å². The highest BCUT2D eigenvalue weighted by atomic mass is 35.5. The van der Waals surface area contributed by atoms with Crippen LogP contribution in [0.4, 0.5) is 4.39 Å². The summed E-state index contributed by atoms with van der Waals surface area (Å²) < 4.78 is 18.2. The maximum absolute atomic E-state index is 13.1. The number of aromatic nitrogens is 2. The highest BCUT2D eigenvalue weighted by Gasteiger charge is 2.29. The Labute approximate surface area is 108 Å². The van der Waals surface area contributed by atoms with E-state index in [2.05, 4.69) is 15.5 Å². The second-order valence-corrected chi connectivity index (χ2v) is 4.70. The van der Waals surface area contributed by atoms with Crippen LogP contribution in [0.15, 0.2) is 28.8 Å². The van der Waals surface area contributed by atoms with E-state index in [1.165, 1.54) is 0 Å². The first-order valence-corrected chi connectivity index (χ1v) is 6.07. The lowest BCUT2D eigenvalue weighted by molar-refractivity contribution is 0.324. The molecule has 94 valence electrons. The molecule has 3 rings (SSSR count). The number of nitrogens with zero attached hydrogens (tertiary/aromatic N) is 2. The molecule has 18 heavy (non-hydrogen) atoms. The third-order valence-corrected chi connectivity index (χ3v) is 3.13. The molecule has 0 amide bonds. The molecular formula is C12H11ClFN3O. The first-order chi connectivity index (χ1) is 8.72. The molecule has 4 nitrogen and oxygen atoms in total. The Hall–Kier alpha value is -1.46. The molecule has 1 fully saturated rings. The number of benzene rings is 1. The molecule has 0 bridgehead atoms. The number of rotatable bonds is 2. The molecule has 1 aromatic carbocycles. The summed E-state index contributed by atoms with van der Waals surface area (Å²) in [5.41, 5.74) is 0.785. The molecule has 1 saturated heterocycles. The molecule has 1 aliphatic heterocycles. The van der Waals surface area contributed by atoms with Crippen molar-refractivity contribution in [3.05, 3.63) is 35.2 Å². The summed E-state index contributed by atoms with van der Waals surface area (Å²) in [4.78, 5) is 4.27. The van der Waals surface area contributed by atoms with Gasteiger partial charge in [0.15, 0.2) is 0 Å². The quantitative estimate of drug-likeness (QED) is 0.909. The number of hydrogen-bond acceptors (Lipinski definition) is 4. The summed E-state index contributed by atoms with van der Waals surface area (Å²) >= 11 is 5.90. The molecule has 0 spiro atoms. The van der Waals surface area contributed by atoms with E-state index in [4.69, 9.17) is 16.1 Å². The van der Waals surface area contributed by atoms with Crippen LogP contribution in [0.2, 0.25) is 5.02 Å². The Morgan fingerprint density at radius 2 is 2.33 bits per heavy atom. The van der Waals surface area contributed by atoms with Gasteiger partial charge < -0.3 is 9.84 Å². The predicted octanol–water partition coefficient (Wildman–Crippen LogP) is 2.76. The Bertz CT molecular complexity index is 560. The van der Waals surface area contributed by atoms with E-state index in [9.17, 15) is 4.39 Å². The minimum Gasteiger partial charge on any atom is -0.337 e. The third kappa shape index (κ3) is 2.23. The smallest absolute Gasteiger partial charge is 0.244 e. The van der Waals surface area contributed by atoms with Crippen LogP contribution in [0, 0.1) is 0 Å². The van der Waals surface area contributed by atoms with Gasteiger partial charge in [0.25, 0.3) is 0 Å². The molecule has 0 saturated carbocycles. The van der Waals surface area contributed by atoms with E-state index in [1.807, 2.05) is 12.1 Å². The van der Waals surface area contributed by atoms with Crippen LogP contribution in [0.25, 0.3) is 11.4 Å². The largest absolute Gasteiger partial charge is 0.337 e. The number of nitrogens with one attached hydrogen (secondary N) is 1. The topological polar surface area (TPSA) is 51.0 Å². The van der Waals surface area contributed by atoms with Gasteiger partial charge in [-0.3, -0.25) is 0 Å². The molecule has 0 aliphatic carbocycles. The van der Waals surface area contributed by atoms with E-state index < -0.39 is 6.17 Å². The second kappa shape index (κ2) is 4.66. The Morgan fingerprint density at radius 3 is 3.06 bits per heavy atom. The average molecular weight is 268 g/mol. The van der Waals surface area contributed by atoms with Crippen molar-refractivity contribution in [3.8, 4) is 11.4 Å². The first kappa shape index (κ1) is 11.6. The van der Waals surface area contributed by atoms with Crippen LogP contribution >= 0.6 is 11.6 Å². The van der Waals surface area contributed by atoms with Crippen LogP contribution < -0.4 is 5.32 Å². The lowest BCUT2D eigenvalue weighted by Gasteiger charge is -2.01. The Morgan fingerprint density at radius 1 is 1.44 bits per heavy atom. The summed E-state index contributed by atoms with van der Waals surface area (Å²) in [5, 5.41) is 7.50. The van der Waals surface area contributed by atoms with Gasteiger partial charge in [-0.2, -0.15) is 4.98 Å². The Kier molecular flexibility index (Phi) is 3.01.